The number of carbonyl (C=O) groups excluding carboxylic acids is 1. The molecule has 2 fully saturated rings. The molecular formula is C25H34N2O6. The minimum absolute atomic E-state index is 0.0145. The lowest BCUT2D eigenvalue weighted by Crippen LogP contribution is -2.56. The number of amides is 1. The van der Waals surface area contributed by atoms with Gasteiger partial charge in [-0.3, -0.25) is 9.69 Å². The smallest absolute Gasteiger partial charge is 0.234 e. The van der Waals surface area contributed by atoms with Gasteiger partial charge in [-0.2, -0.15) is 0 Å². The van der Waals surface area contributed by atoms with Gasteiger partial charge in [-0.15, -0.1) is 0 Å². The standard InChI is InChI=1S/C25H34N2O6/c1-30-20-13-17(14-21(31-2)24(20)32-3)23-19-8-4-5-9-25(19,29)10-11-27(23)16-22(28)26-15-18-7-6-12-33-18/h6-7,12-14,19,23,29H,4-5,8-11,15-16H2,1-3H3,(H,26,28). The number of hydrogen-bond acceptors (Lipinski definition) is 7. The Kier molecular flexibility index (Phi) is 7.14. The van der Waals surface area contributed by atoms with Crippen LogP contribution in [0.3, 0.4) is 0 Å². The summed E-state index contributed by atoms with van der Waals surface area (Å²) in [6, 6.07) is 7.38. The average Bonchev–Trinajstić information content (AvgIpc) is 3.35. The first-order chi connectivity index (χ1) is 16.0. The molecule has 1 saturated heterocycles. The van der Waals surface area contributed by atoms with E-state index >= 15 is 0 Å². The van der Waals surface area contributed by atoms with E-state index in [4.69, 9.17) is 18.6 Å². The predicted octanol–water partition coefficient (Wildman–Crippen LogP) is 3.29. The number of furan rings is 1. The third-order valence-corrected chi connectivity index (χ3v) is 7.09. The molecule has 1 aromatic carbocycles. The van der Waals surface area contributed by atoms with Crippen molar-refractivity contribution in [1.29, 1.82) is 0 Å². The molecule has 0 bridgehead atoms. The molecule has 3 atom stereocenters. The number of nitrogens with one attached hydrogen (secondary N) is 1. The molecule has 8 heteroatoms. The van der Waals surface area contributed by atoms with Gasteiger partial charge in [0, 0.05) is 18.5 Å². The Bertz CT molecular complexity index is 921. The maximum atomic E-state index is 12.8. The van der Waals surface area contributed by atoms with E-state index in [9.17, 15) is 9.90 Å². The zero-order chi connectivity index (χ0) is 23.4. The van der Waals surface area contributed by atoms with Crippen LogP contribution >= 0.6 is 0 Å². The van der Waals surface area contributed by atoms with Crippen molar-refractivity contribution in [2.45, 2.75) is 50.3 Å². The fourth-order valence-corrected chi connectivity index (χ4v) is 5.47. The SMILES string of the molecule is COc1cc(C2C3CCCCC3(O)CCN2CC(=O)NCc2ccco2)cc(OC)c1OC. The van der Waals surface area contributed by atoms with Gasteiger partial charge in [0.25, 0.3) is 0 Å². The predicted molar refractivity (Wildman–Crippen MR) is 122 cm³/mol. The molecule has 1 amide bonds. The summed E-state index contributed by atoms with van der Waals surface area (Å²) >= 11 is 0. The molecule has 1 aliphatic carbocycles. The van der Waals surface area contributed by atoms with E-state index in [2.05, 4.69) is 10.2 Å². The van der Waals surface area contributed by atoms with Gasteiger partial charge in [0.15, 0.2) is 11.5 Å². The summed E-state index contributed by atoms with van der Waals surface area (Å²) in [5.74, 6) is 2.31. The van der Waals surface area contributed by atoms with Crippen LogP contribution in [0.25, 0.3) is 0 Å². The van der Waals surface area contributed by atoms with Crippen molar-refractivity contribution < 1.29 is 28.5 Å². The van der Waals surface area contributed by atoms with E-state index in [1.165, 1.54) is 0 Å². The van der Waals surface area contributed by atoms with Gasteiger partial charge in [0.2, 0.25) is 11.7 Å². The Morgan fingerprint density at radius 2 is 1.94 bits per heavy atom. The van der Waals surface area contributed by atoms with E-state index in [0.29, 0.717) is 42.5 Å². The quantitative estimate of drug-likeness (QED) is 0.627. The number of methoxy groups -OCH3 is 3. The summed E-state index contributed by atoms with van der Waals surface area (Å²) in [7, 11) is 4.77. The van der Waals surface area contributed by atoms with Gasteiger partial charge < -0.3 is 29.1 Å². The minimum atomic E-state index is -0.732. The topological polar surface area (TPSA) is 93.4 Å². The first-order valence-electron chi connectivity index (χ1n) is 11.5. The normalized spacial score (nSPS) is 25.2. The number of benzene rings is 1. The number of fused-ring (bicyclic) bond motifs is 1. The highest BCUT2D eigenvalue weighted by Gasteiger charge is 2.49. The van der Waals surface area contributed by atoms with Gasteiger partial charge in [0.05, 0.1) is 46.3 Å². The maximum absolute atomic E-state index is 12.8. The number of likely N-dealkylation sites (tertiary alicyclic amines) is 1. The highest BCUT2D eigenvalue weighted by Crippen LogP contribution is 2.51. The van der Waals surface area contributed by atoms with Crippen LogP contribution in [0.2, 0.25) is 0 Å². The van der Waals surface area contributed by atoms with Crippen LogP contribution < -0.4 is 19.5 Å². The molecule has 8 nitrogen and oxygen atoms in total. The molecule has 33 heavy (non-hydrogen) atoms. The molecule has 1 aromatic heterocycles. The molecule has 0 spiro atoms. The summed E-state index contributed by atoms with van der Waals surface area (Å²) in [4.78, 5) is 15.0. The van der Waals surface area contributed by atoms with Crippen LogP contribution in [0, 0.1) is 5.92 Å². The molecule has 0 radical (unpaired) electrons. The van der Waals surface area contributed by atoms with E-state index < -0.39 is 5.60 Å². The first kappa shape index (κ1) is 23.4. The van der Waals surface area contributed by atoms with Gasteiger partial charge in [0.1, 0.15) is 5.76 Å². The molecular weight excluding hydrogens is 424 g/mol. The van der Waals surface area contributed by atoms with Crippen LogP contribution in [-0.4, -0.2) is 55.9 Å². The van der Waals surface area contributed by atoms with Crippen molar-refractivity contribution in [2.75, 3.05) is 34.4 Å². The molecule has 2 aliphatic rings. The summed E-state index contributed by atoms with van der Waals surface area (Å²) in [5, 5.41) is 14.5. The van der Waals surface area contributed by atoms with Gasteiger partial charge >= 0.3 is 0 Å². The van der Waals surface area contributed by atoms with Crippen LogP contribution in [0.5, 0.6) is 17.2 Å². The number of piperidine rings is 1. The molecule has 1 saturated carbocycles. The van der Waals surface area contributed by atoms with Crippen molar-refractivity contribution in [3.05, 3.63) is 41.9 Å². The number of hydrogen-bond donors (Lipinski definition) is 2. The van der Waals surface area contributed by atoms with E-state index in [0.717, 1.165) is 31.2 Å². The number of rotatable bonds is 8. The lowest BCUT2D eigenvalue weighted by atomic mass is 9.66. The monoisotopic (exact) mass is 458 g/mol. The number of ether oxygens (including phenoxy) is 3. The molecule has 3 unspecified atom stereocenters. The number of aliphatic hydroxyl groups is 1. The maximum Gasteiger partial charge on any atom is 0.234 e. The van der Waals surface area contributed by atoms with Crippen molar-refractivity contribution in [3.8, 4) is 17.2 Å². The molecule has 1 aliphatic heterocycles. The fraction of sp³-hybridized carbons (Fsp3) is 0.560. The Labute approximate surface area is 194 Å². The van der Waals surface area contributed by atoms with Gasteiger partial charge in [-0.1, -0.05) is 12.8 Å². The Morgan fingerprint density at radius 1 is 1.18 bits per heavy atom. The first-order valence-corrected chi connectivity index (χ1v) is 11.5. The zero-order valence-corrected chi connectivity index (χ0v) is 19.6. The second-order valence-corrected chi connectivity index (χ2v) is 8.94. The average molecular weight is 459 g/mol. The summed E-state index contributed by atoms with van der Waals surface area (Å²) in [6.07, 6.45) is 6.03. The molecule has 4 rings (SSSR count). The Balaban J connectivity index is 1.64. The zero-order valence-electron chi connectivity index (χ0n) is 19.6. The molecule has 2 N–H and O–H groups in total. The second-order valence-electron chi connectivity index (χ2n) is 8.94. The summed E-state index contributed by atoms with van der Waals surface area (Å²) in [6.45, 7) is 1.21. The molecule has 180 valence electrons. The summed E-state index contributed by atoms with van der Waals surface area (Å²) < 4.78 is 22.0. The lowest BCUT2D eigenvalue weighted by Gasteiger charge is -2.52. The Hall–Kier alpha value is -2.71. The van der Waals surface area contributed by atoms with Crippen molar-refractivity contribution in [3.63, 3.8) is 0 Å². The van der Waals surface area contributed by atoms with E-state index in [1.807, 2.05) is 18.2 Å². The Morgan fingerprint density at radius 3 is 2.58 bits per heavy atom. The van der Waals surface area contributed by atoms with E-state index in [-0.39, 0.29) is 24.4 Å². The van der Waals surface area contributed by atoms with Crippen LogP contribution in [0.4, 0.5) is 0 Å². The molecule has 2 heterocycles. The number of carbonyl (C=O) groups is 1. The number of nitrogens with zero attached hydrogens (tertiary/aromatic N) is 1. The highest BCUT2D eigenvalue weighted by atomic mass is 16.5. The van der Waals surface area contributed by atoms with Crippen LogP contribution in [0.15, 0.2) is 34.9 Å². The van der Waals surface area contributed by atoms with Crippen LogP contribution in [-0.2, 0) is 11.3 Å². The minimum Gasteiger partial charge on any atom is -0.493 e. The van der Waals surface area contributed by atoms with Crippen molar-refractivity contribution >= 4 is 5.91 Å². The van der Waals surface area contributed by atoms with Crippen molar-refractivity contribution in [2.24, 2.45) is 5.92 Å². The van der Waals surface area contributed by atoms with E-state index in [1.54, 1.807) is 33.7 Å². The van der Waals surface area contributed by atoms with Crippen LogP contribution in [0.1, 0.15) is 49.5 Å². The second kappa shape index (κ2) is 10.1. The fourth-order valence-electron chi connectivity index (χ4n) is 5.47. The third-order valence-electron chi connectivity index (χ3n) is 7.09. The molecule has 2 aromatic rings. The third kappa shape index (κ3) is 4.82. The van der Waals surface area contributed by atoms with Gasteiger partial charge in [-0.05, 0) is 49.1 Å². The largest absolute Gasteiger partial charge is 0.493 e. The summed E-state index contributed by atoms with van der Waals surface area (Å²) in [5.41, 5.74) is 0.220. The lowest BCUT2D eigenvalue weighted by molar-refractivity contribution is -0.138. The van der Waals surface area contributed by atoms with Gasteiger partial charge in [-0.25, -0.2) is 0 Å². The highest BCUT2D eigenvalue weighted by molar-refractivity contribution is 5.78. The van der Waals surface area contributed by atoms with Crippen molar-refractivity contribution in [1.82, 2.24) is 10.2 Å².